The lowest BCUT2D eigenvalue weighted by Crippen LogP contribution is -2.10. The minimum atomic E-state index is 0.0888. The Morgan fingerprint density at radius 2 is 1.16 bits per heavy atom. The molecule has 206 valence electrons. The van der Waals surface area contributed by atoms with Gasteiger partial charge in [0.25, 0.3) is 0 Å². The number of fused-ring (bicyclic) bond motifs is 10. The van der Waals surface area contributed by atoms with E-state index in [0.717, 1.165) is 6.42 Å². The minimum Gasteiger partial charge on any atom is -0.309 e. The van der Waals surface area contributed by atoms with Gasteiger partial charge in [0.05, 0.1) is 22.1 Å². The Hall–Kier alpha value is -5.08. The van der Waals surface area contributed by atoms with Crippen molar-refractivity contribution in [1.29, 1.82) is 0 Å². The van der Waals surface area contributed by atoms with E-state index < -0.39 is 0 Å². The number of aromatic nitrogens is 2. The largest absolute Gasteiger partial charge is 0.309 e. The van der Waals surface area contributed by atoms with Gasteiger partial charge in [0.2, 0.25) is 0 Å². The zero-order chi connectivity index (χ0) is 28.9. The predicted molar refractivity (Wildman–Crippen MR) is 182 cm³/mol. The van der Waals surface area contributed by atoms with Crippen LogP contribution in [0.25, 0.3) is 66.1 Å². The van der Waals surface area contributed by atoms with Gasteiger partial charge in [-0.15, -0.1) is 0 Å². The number of hydrogen-bond acceptors (Lipinski definition) is 0. The van der Waals surface area contributed by atoms with Gasteiger partial charge in [-0.2, -0.15) is 0 Å². The highest BCUT2D eigenvalue weighted by Crippen LogP contribution is 2.46. The Morgan fingerprint density at radius 1 is 0.488 bits per heavy atom. The van der Waals surface area contributed by atoms with Gasteiger partial charge < -0.3 is 9.13 Å². The van der Waals surface area contributed by atoms with Gasteiger partial charge >= 0.3 is 0 Å². The number of rotatable bonds is 2. The first-order chi connectivity index (χ1) is 21.0. The summed E-state index contributed by atoms with van der Waals surface area (Å²) in [6.45, 7) is 6.90. The van der Waals surface area contributed by atoms with E-state index in [0.29, 0.717) is 0 Å². The van der Waals surface area contributed by atoms with Gasteiger partial charge in [0.1, 0.15) is 0 Å². The molecule has 1 aliphatic rings. The SMILES string of the molecule is CC(C)(C)c1ccc2c(c1)c1ccc3c(c1n2-c1ccccc1)Cc1ccc(-n2c4ccccc4c4ccccc42)cc1-3. The summed E-state index contributed by atoms with van der Waals surface area (Å²) in [5.74, 6) is 0. The average Bonchev–Trinajstić information content (AvgIpc) is 3.68. The van der Waals surface area contributed by atoms with Crippen LogP contribution in [0, 0.1) is 0 Å². The van der Waals surface area contributed by atoms with E-state index in [1.807, 2.05) is 0 Å². The Bertz CT molecular complexity index is 2340. The maximum Gasteiger partial charge on any atom is 0.0582 e. The third kappa shape index (κ3) is 3.47. The fraction of sp³-hybridized carbons (Fsp3) is 0.122. The van der Waals surface area contributed by atoms with Crippen molar-refractivity contribution >= 4 is 43.6 Å². The van der Waals surface area contributed by atoms with Crippen LogP contribution >= 0.6 is 0 Å². The van der Waals surface area contributed by atoms with Gasteiger partial charge in [0.15, 0.2) is 0 Å². The molecule has 0 unspecified atom stereocenters. The molecule has 1 aliphatic carbocycles. The quantitative estimate of drug-likeness (QED) is 0.202. The monoisotopic (exact) mass is 552 g/mol. The summed E-state index contributed by atoms with van der Waals surface area (Å²) >= 11 is 0. The molecule has 2 aromatic heterocycles. The summed E-state index contributed by atoms with van der Waals surface area (Å²) in [5.41, 5.74) is 14.5. The van der Waals surface area contributed by atoms with Crippen LogP contribution in [0.1, 0.15) is 37.5 Å². The molecule has 8 aromatic rings. The summed E-state index contributed by atoms with van der Waals surface area (Å²) in [4.78, 5) is 0. The van der Waals surface area contributed by atoms with E-state index in [4.69, 9.17) is 0 Å². The number of para-hydroxylation sites is 3. The van der Waals surface area contributed by atoms with E-state index >= 15 is 0 Å². The van der Waals surface area contributed by atoms with Crippen molar-refractivity contribution in [2.45, 2.75) is 32.6 Å². The molecule has 2 heteroatoms. The molecule has 0 N–H and O–H groups in total. The van der Waals surface area contributed by atoms with E-state index in [1.165, 1.54) is 82.8 Å². The van der Waals surface area contributed by atoms with Crippen LogP contribution in [-0.2, 0) is 11.8 Å². The second kappa shape index (κ2) is 8.72. The molecule has 0 atom stereocenters. The van der Waals surface area contributed by atoms with Crippen molar-refractivity contribution in [3.63, 3.8) is 0 Å². The molecule has 0 fully saturated rings. The smallest absolute Gasteiger partial charge is 0.0582 e. The Kier molecular flexibility index (Phi) is 4.97. The van der Waals surface area contributed by atoms with Crippen LogP contribution in [0.4, 0.5) is 0 Å². The molecule has 2 nitrogen and oxygen atoms in total. The predicted octanol–water partition coefficient (Wildman–Crippen LogP) is 10.7. The molecule has 0 saturated carbocycles. The third-order valence-corrected chi connectivity index (χ3v) is 9.50. The van der Waals surface area contributed by atoms with Gasteiger partial charge in [-0.25, -0.2) is 0 Å². The highest BCUT2D eigenvalue weighted by atomic mass is 15.0. The summed E-state index contributed by atoms with van der Waals surface area (Å²) in [7, 11) is 0. The summed E-state index contributed by atoms with van der Waals surface area (Å²) in [6.07, 6.45) is 0.935. The zero-order valence-corrected chi connectivity index (χ0v) is 24.7. The molecule has 43 heavy (non-hydrogen) atoms. The Balaban J connectivity index is 1.31. The molecule has 6 aromatic carbocycles. The van der Waals surface area contributed by atoms with Crippen molar-refractivity contribution < 1.29 is 0 Å². The maximum absolute atomic E-state index is 2.50. The van der Waals surface area contributed by atoms with E-state index in [1.54, 1.807) is 0 Å². The highest BCUT2D eigenvalue weighted by molar-refractivity contribution is 6.13. The molecule has 2 heterocycles. The first kappa shape index (κ1) is 24.5. The second-order valence-corrected chi connectivity index (χ2v) is 13.0. The van der Waals surface area contributed by atoms with Crippen molar-refractivity contribution in [2.75, 3.05) is 0 Å². The summed E-state index contributed by atoms with van der Waals surface area (Å²) < 4.78 is 4.92. The lowest BCUT2D eigenvalue weighted by molar-refractivity contribution is 0.591. The highest BCUT2D eigenvalue weighted by Gasteiger charge is 2.26. The van der Waals surface area contributed by atoms with Crippen LogP contribution < -0.4 is 0 Å². The van der Waals surface area contributed by atoms with Crippen molar-refractivity contribution in [3.05, 3.63) is 144 Å². The standard InChI is InChI=1S/C41H32N2/c1-41(2,3)27-18-22-39-35(24-27)33-21-20-30-34-25-29(42-37-15-9-7-13-31(37)32-14-8-10-16-38(32)42)19-17-26(34)23-36(30)40(33)43(39)28-11-5-4-6-12-28/h4-22,24-25H,23H2,1-3H3. The molecule has 0 amide bonds. The fourth-order valence-corrected chi connectivity index (χ4v) is 7.42. The van der Waals surface area contributed by atoms with Crippen molar-refractivity contribution in [3.8, 4) is 22.5 Å². The van der Waals surface area contributed by atoms with E-state index in [9.17, 15) is 0 Å². The first-order valence-electron chi connectivity index (χ1n) is 15.3. The minimum absolute atomic E-state index is 0.0888. The first-order valence-corrected chi connectivity index (χ1v) is 15.3. The molecule has 0 aliphatic heterocycles. The molecule has 0 bridgehead atoms. The lowest BCUT2D eigenvalue weighted by atomic mass is 9.86. The lowest BCUT2D eigenvalue weighted by Gasteiger charge is -2.19. The normalized spacial score (nSPS) is 12.9. The Morgan fingerprint density at radius 3 is 1.88 bits per heavy atom. The Labute approximate surface area is 251 Å². The molecular weight excluding hydrogens is 520 g/mol. The van der Waals surface area contributed by atoms with E-state index in [-0.39, 0.29) is 5.41 Å². The third-order valence-electron chi connectivity index (χ3n) is 9.50. The number of benzene rings is 6. The van der Waals surface area contributed by atoms with Crippen LogP contribution in [0.5, 0.6) is 0 Å². The average molecular weight is 553 g/mol. The number of nitrogens with zero attached hydrogens (tertiary/aromatic N) is 2. The van der Waals surface area contributed by atoms with Gasteiger partial charge in [-0.05, 0) is 81.8 Å². The molecule has 0 saturated heterocycles. The maximum atomic E-state index is 2.50. The molecule has 0 spiro atoms. The topological polar surface area (TPSA) is 9.86 Å². The van der Waals surface area contributed by atoms with E-state index in [2.05, 4.69) is 157 Å². The molecule has 9 rings (SSSR count). The molecular formula is C41H32N2. The number of hydrogen-bond donors (Lipinski definition) is 0. The van der Waals surface area contributed by atoms with Crippen molar-refractivity contribution in [1.82, 2.24) is 9.13 Å². The van der Waals surface area contributed by atoms with Gasteiger partial charge in [-0.3, -0.25) is 0 Å². The van der Waals surface area contributed by atoms with Gasteiger partial charge in [0, 0.05) is 39.3 Å². The van der Waals surface area contributed by atoms with Crippen LogP contribution in [0.15, 0.2) is 127 Å². The van der Waals surface area contributed by atoms with Crippen LogP contribution in [0.3, 0.4) is 0 Å². The summed E-state index contributed by atoms with van der Waals surface area (Å²) in [5, 5.41) is 5.25. The summed E-state index contributed by atoms with van der Waals surface area (Å²) in [6, 6.07) is 47.3. The van der Waals surface area contributed by atoms with Gasteiger partial charge in [-0.1, -0.05) is 99.6 Å². The fourth-order valence-electron chi connectivity index (χ4n) is 7.42. The van der Waals surface area contributed by atoms with Crippen molar-refractivity contribution in [2.24, 2.45) is 0 Å². The van der Waals surface area contributed by atoms with Crippen LogP contribution in [0.2, 0.25) is 0 Å². The second-order valence-electron chi connectivity index (χ2n) is 13.0. The zero-order valence-electron chi connectivity index (χ0n) is 24.7. The molecule has 0 radical (unpaired) electrons. The van der Waals surface area contributed by atoms with Crippen LogP contribution in [-0.4, -0.2) is 9.13 Å².